The molecule has 2 N–H and O–H groups in total. The number of halogens is 1. The average Bonchev–Trinajstić information content (AvgIpc) is 2.72. The molecule has 0 aliphatic carbocycles. The number of amides is 4. The standard InChI is InChI=1S/C13H13ClN4O3/c14-9-2-4-15-6-8(9)10(19)18-5-1-3-13(7-18)11(20)16-12(21)17-13/h2,4,6H,1,3,5,7H2,(H2,16,17,20,21). The van der Waals surface area contributed by atoms with Gasteiger partial charge in [0.1, 0.15) is 5.54 Å². The highest BCUT2D eigenvalue weighted by Crippen LogP contribution is 2.26. The number of imide groups is 1. The first-order chi connectivity index (χ1) is 10.0. The van der Waals surface area contributed by atoms with Gasteiger partial charge in [0.05, 0.1) is 17.1 Å². The molecule has 2 saturated heterocycles. The van der Waals surface area contributed by atoms with Gasteiger partial charge in [0.25, 0.3) is 11.8 Å². The summed E-state index contributed by atoms with van der Waals surface area (Å²) in [5.74, 6) is -0.677. The highest BCUT2D eigenvalue weighted by molar-refractivity contribution is 6.33. The van der Waals surface area contributed by atoms with Crippen molar-refractivity contribution in [2.45, 2.75) is 18.4 Å². The first-order valence-corrected chi connectivity index (χ1v) is 6.92. The Hall–Kier alpha value is -2.15. The molecule has 2 aliphatic rings. The Labute approximate surface area is 125 Å². The molecule has 1 aromatic rings. The Morgan fingerprint density at radius 2 is 2.24 bits per heavy atom. The first kappa shape index (κ1) is 13.8. The molecule has 0 radical (unpaired) electrons. The van der Waals surface area contributed by atoms with E-state index in [2.05, 4.69) is 15.6 Å². The Morgan fingerprint density at radius 1 is 1.43 bits per heavy atom. The van der Waals surface area contributed by atoms with Crippen molar-refractivity contribution in [3.8, 4) is 0 Å². The summed E-state index contributed by atoms with van der Waals surface area (Å²) in [6.07, 6.45) is 4.03. The number of nitrogens with zero attached hydrogens (tertiary/aromatic N) is 2. The van der Waals surface area contributed by atoms with Gasteiger partial charge in [-0.2, -0.15) is 0 Å². The minimum Gasteiger partial charge on any atom is -0.336 e. The number of hydrogen-bond donors (Lipinski definition) is 2. The Bertz CT molecular complexity index is 636. The van der Waals surface area contributed by atoms with Crippen LogP contribution < -0.4 is 10.6 Å². The fourth-order valence-electron chi connectivity index (χ4n) is 2.75. The molecule has 8 heteroatoms. The van der Waals surface area contributed by atoms with E-state index in [-0.39, 0.29) is 18.4 Å². The van der Waals surface area contributed by atoms with E-state index in [4.69, 9.17) is 11.6 Å². The van der Waals surface area contributed by atoms with Crippen LogP contribution in [0.15, 0.2) is 18.5 Å². The maximum atomic E-state index is 12.5. The van der Waals surface area contributed by atoms with Crippen LogP contribution in [0.2, 0.25) is 5.02 Å². The van der Waals surface area contributed by atoms with E-state index in [0.717, 1.165) is 0 Å². The molecule has 1 spiro atoms. The summed E-state index contributed by atoms with van der Waals surface area (Å²) >= 11 is 6.00. The lowest BCUT2D eigenvalue weighted by atomic mass is 9.89. The van der Waals surface area contributed by atoms with Crippen molar-refractivity contribution in [3.63, 3.8) is 0 Å². The van der Waals surface area contributed by atoms with Crippen molar-refractivity contribution in [3.05, 3.63) is 29.0 Å². The molecule has 1 aromatic heterocycles. The molecule has 1 atom stereocenters. The molecular weight excluding hydrogens is 296 g/mol. The van der Waals surface area contributed by atoms with Gasteiger partial charge in [0.15, 0.2) is 0 Å². The van der Waals surface area contributed by atoms with Gasteiger partial charge >= 0.3 is 6.03 Å². The number of hydrogen-bond acceptors (Lipinski definition) is 4. The third kappa shape index (κ3) is 2.33. The van der Waals surface area contributed by atoms with Crippen molar-refractivity contribution >= 4 is 29.4 Å². The van der Waals surface area contributed by atoms with E-state index in [1.54, 1.807) is 6.07 Å². The monoisotopic (exact) mass is 308 g/mol. The normalized spacial score (nSPS) is 24.9. The van der Waals surface area contributed by atoms with Crippen molar-refractivity contribution < 1.29 is 14.4 Å². The van der Waals surface area contributed by atoms with Crippen LogP contribution >= 0.6 is 11.6 Å². The number of nitrogens with one attached hydrogen (secondary N) is 2. The lowest BCUT2D eigenvalue weighted by Crippen LogP contribution is -2.59. The number of carbonyl (C=O) groups is 3. The smallest absolute Gasteiger partial charge is 0.322 e. The first-order valence-electron chi connectivity index (χ1n) is 6.54. The summed E-state index contributed by atoms with van der Waals surface area (Å²) < 4.78 is 0. The molecule has 4 amide bonds. The summed E-state index contributed by atoms with van der Waals surface area (Å²) in [5, 5.41) is 5.16. The fourth-order valence-corrected chi connectivity index (χ4v) is 2.94. The highest BCUT2D eigenvalue weighted by atomic mass is 35.5. The third-order valence-corrected chi connectivity index (χ3v) is 4.12. The van der Waals surface area contributed by atoms with Gasteiger partial charge in [-0.05, 0) is 18.9 Å². The van der Waals surface area contributed by atoms with Crippen molar-refractivity contribution in [2.24, 2.45) is 0 Å². The van der Waals surface area contributed by atoms with Crippen LogP contribution in [-0.4, -0.2) is 46.4 Å². The zero-order valence-electron chi connectivity index (χ0n) is 11.1. The molecule has 0 saturated carbocycles. The van der Waals surface area contributed by atoms with Crippen molar-refractivity contribution in [1.29, 1.82) is 0 Å². The number of urea groups is 1. The Morgan fingerprint density at radius 3 is 2.90 bits per heavy atom. The molecule has 0 aromatic carbocycles. The lowest BCUT2D eigenvalue weighted by molar-refractivity contribution is -0.125. The SMILES string of the molecule is O=C1NC(=O)C2(CCCN(C(=O)c3cnccc3Cl)C2)N1. The second kappa shape index (κ2) is 5.00. The Kier molecular flexibility index (Phi) is 3.29. The Balaban J connectivity index is 1.84. The summed E-state index contributed by atoms with van der Waals surface area (Å²) in [6.45, 7) is 0.642. The number of piperidine rings is 1. The summed E-state index contributed by atoms with van der Waals surface area (Å²) in [6, 6.07) is 1.02. The maximum absolute atomic E-state index is 12.5. The van der Waals surface area contributed by atoms with Crippen molar-refractivity contribution in [2.75, 3.05) is 13.1 Å². The van der Waals surface area contributed by atoms with Gasteiger partial charge in [-0.25, -0.2) is 4.79 Å². The molecule has 110 valence electrons. The van der Waals surface area contributed by atoms with Gasteiger partial charge in [-0.15, -0.1) is 0 Å². The van der Waals surface area contributed by atoms with E-state index < -0.39 is 11.6 Å². The number of carbonyl (C=O) groups excluding carboxylic acids is 3. The maximum Gasteiger partial charge on any atom is 0.322 e. The molecular formula is C13H13ClN4O3. The zero-order chi connectivity index (χ0) is 15.0. The van der Waals surface area contributed by atoms with E-state index in [0.29, 0.717) is 30.0 Å². The van der Waals surface area contributed by atoms with Crippen LogP contribution in [0.1, 0.15) is 23.2 Å². The third-order valence-electron chi connectivity index (χ3n) is 3.79. The van der Waals surface area contributed by atoms with E-state index >= 15 is 0 Å². The van der Waals surface area contributed by atoms with Crippen LogP contribution in [0.5, 0.6) is 0 Å². The minimum atomic E-state index is -1.03. The van der Waals surface area contributed by atoms with Crippen LogP contribution in [0.25, 0.3) is 0 Å². The van der Waals surface area contributed by atoms with Gasteiger partial charge in [0, 0.05) is 18.9 Å². The molecule has 3 heterocycles. The van der Waals surface area contributed by atoms with Crippen LogP contribution in [0.3, 0.4) is 0 Å². The molecule has 0 bridgehead atoms. The number of likely N-dealkylation sites (tertiary alicyclic amines) is 1. The molecule has 21 heavy (non-hydrogen) atoms. The second-order valence-electron chi connectivity index (χ2n) is 5.18. The van der Waals surface area contributed by atoms with Crippen molar-refractivity contribution in [1.82, 2.24) is 20.5 Å². The molecule has 3 rings (SSSR count). The van der Waals surface area contributed by atoms with Gasteiger partial charge in [-0.1, -0.05) is 11.6 Å². The van der Waals surface area contributed by atoms with Crippen LogP contribution in [0, 0.1) is 0 Å². The van der Waals surface area contributed by atoms with Gasteiger partial charge in [0.2, 0.25) is 0 Å². The predicted octanol–water partition coefficient (Wildman–Crippen LogP) is 0.549. The van der Waals surface area contributed by atoms with Gasteiger partial charge in [-0.3, -0.25) is 19.9 Å². The average molecular weight is 309 g/mol. The quantitative estimate of drug-likeness (QED) is 0.741. The molecule has 7 nitrogen and oxygen atoms in total. The van der Waals surface area contributed by atoms with E-state index in [1.807, 2.05) is 0 Å². The topological polar surface area (TPSA) is 91.4 Å². The van der Waals surface area contributed by atoms with Gasteiger partial charge < -0.3 is 10.2 Å². The largest absolute Gasteiger partial charge is 0.336 e. The molecule has 2 fully saturated rings. The van der Waals surface area contributed by atoms with E-state index in [1.165, 1.54) is 17.3 Å². The molecule has 2 aliphatic heterocycles. The van der Waals surface area contributed by atoms with Crippen LogP contribution in [-0.2, 0) is 4.79 Å². The second-order valence-corrected chi connectivity index (χ2v) is 5.58. The lowest BCUT2D eigenvalue weighted by Gasteiger charge is -2.38. The summed E-state index contributed by atoms with van der Waals surface area (Å²) in [7, 11) is 0. The summed E-state index contributed by atoms with van der Waals surface area (Å²) in [5.41, 5.74) is -0.736. The number of aromatic nitrogens is 1. The summed E-state index contributed by atoms with van der Waals surface area (Å²) in [4.78, 5) is 41.2. The zero-order valence-corrected chi connectivity index (χ0v) is 11.8. The predicted molar refractivity (Wildman–Crippen MR) is 73.8 cm³/mol. The van der Waals surface area contributed by atoms with E-state index in [9.17, 15) is 14.4 Å². The highest BCUT2D eigenvalue weighted by Gasteiger charge is 2.49. The minimum absolute atomic E-state index is 0.134. The fraction of sp³-hybridized carbons (Fsp3) is 0.385. The van der Waals surface area contributed by atoms with Crippen LogP contribution in [0.4, 0.5) is 4.79 Å². The molecule has 1 unspecified atom stereocenters. The number of rotatable bonds is 1. The number of pyridine rings is 1.